The third-order valence-electron chi connectivity index (χ3n) is 4.43. The van der Waals surface area contributed by atoms with Gasteiger partial charge in [-0.2, -0.15) is 0 Å². The van der Waals surface area contributed by atoms with Crippen molar-refractivity contribution >= 4 is 5.97 Å². The molecule has 2 heteroatoms. The van der Waals surface area contributed by atoms with Crippen LogP contribution in [-0.2, 0) is 9.53 Å². The molecule has 1 aliphatic rings. The molecular weight excluding hydrogens is 200 g/mol. The molecule has 0 radical (unpaired) electrons. The molecule has 0 heterocycles. The topological polar surface area (TPSA) is 26.3 Å². The second-order valence-electron chi connectivity index (χ2n) is 5.99. The molecule has 16 heavy (non-hydrogen) atoms. The molecule has 2 nitrogen and oxygen atoms in total. The Kier molecular flexibility index (Phi) is 4.40. The average molecular weight is 226 g/mol. The van der Waals surface area contributed by atoms with Gasteiger partial charge < -0.3 is 4.74 Å². The minimum atomic E-state index is -0.149. The molecule has 0 saturated heterocycles. The van der Waals surface area contributed by atoms with Crippen molar-refractivity contribution in [3.63, 3.8) is 0 Å². The number of hydrogen-bond acceptors (Lipinski definition) is 2. The van der Waals surface area contributed by atoms with Gasteiger partial charge in [0.05, 0.1) is 6.61 Å². The fraction of sp³-hybridized carbons (Fsp3) is 0.929. The van der Waals surface area contributed by atoms with E-state index in [4.69, 9.17) is 4.74 Å². The molecule has 1 aliphatic carbocycles. The Morgan fingerprint density at radius 3 is 2.56 bits per heavy atom. The number of carbonyl (C=O) groups is 1. The molecule has 1 fully saturated rings. The third-order valence-corrected chi connectivity index (χ3v) is 4.43. The lowest BCUT2D eigenvalue weighted by molar-refractivity contribution is -0.146. The lowest BCUT2D eigenvalue weighted by Crippen LogP contribution is -2.41. The van der Waals surface area contributed by atoms with Gasteiger partial charge in [0.15, 0.2) is 0 Å². The van der Waals surface area contributed by atoms with Crippen molar-refractivity contribution in [3.8, 4) is 0 Å². The van der Waals surface area contributed by atoms with Crippen LogP contribution >= 0.6 is 0 Å². The highest BCUT2D eigenvalue weighted by molar-refractivity contribution is 5.65. The molecule has 0 bridgehead atoms. The van der Waals surface area contributed by atoms with Gasteiger partial charge in [0.25, 0.3) is 0 Å². The molecule has 1 rings (SSSR count). The minimum Gasteiger partial charge on any atom is -0.466 e. The van der Waals surface area contributed by atoms with Gasteiger partial charge in [-0.3, -0.25) is 4.79 Å². The van der Waals surface area contributed by atoms with Crippen LogP contribution in [0.3, 0.4) is 0 Å². The van der Waals surface area contributed by atoms with Crippen LogP contribution in [0.1, 0.15) is 53.9 Å². The Balaban J connectivity index is 2.73. The Bertz CT molecular complexity index is 245. The van der Waals surface area contributed by atoms with Gasteiger partial charge in [0.1, 0.15) is 0 Å². The number of hydrogen-bond donors (Lipinski definition) is 0. The van der Waals surface area contributed by atoms with E-state index in [2.05, 4.69) is 27.7 Å². The second kappa shape index (κ2) is 5.20. The van der Waals surface area contributed by atoms with E-state index in [0.29, 0.717) is 23.9 Å². The first kappa shape index (κ1) is 13.5. The zero-order chi connectivity index (χ0) is 12.3. The van der Waals surface area contributed by atoms with Crippen LogP contribution in [-0.4, -0.2) is 12.6 Å². The predicted molar refractivity (Wildman–Crippen MR) is 66.1 cm³/mol. The van der Waals surface area contributed by atoms with Crippen molar-refractivity contribution in [2.75, 3.05) is 6.61 Å². The normalized spacial score (nSPS) is 33.4. The zero-order valence-electron chi connectivity index (χ0n) is 11.4. The standard InChI is InChI=1S/C14H26O2/c1-6-12-10(2)7-8-14(4,5)13(12)9-16-11(3)15/h10,12-13H,6-9H2,1-5H3. The van der Waals surface area contributed by atoms with Crippen molar-refractivity contribution in [2.45, 2.75) is 53.9 Å². The van der Waals surface area contributed by atoms with Gasteiger partial charge >= 0.3 is 5.97 Å². The molecule has 0 aliphatic heterocycles. The molecule has 0 aromatic carbocycles. The summed E-state index contributed by atoms with van der Waals surface area (Å²) >= 11 is 0. The number of esters is 1. The van der Waals surface area contributed by atoms with Crippen LogP contribution in [0, 0.1) is 23.2 Å². The first-order valence-electron chi connectivity index (χ1n) is 6.52. The van der Waals surface area contributed by atoms with Gasteiger partial charge in [-0.1, -0.05) is 34.1 Å². The fourth-order valence-corrected chi connectivity index (χ4v) is 3.22. The van der Waals surface area contributed by atoms with Crippen LogP contribution in [0.5, 0.6) is 0 Å². The van der Waals surface area contributed by atoms with Gasteiger partial charge in [0, 0.05) is 12.8 Å². The van der Waals surface area contributed by atoms with E-state index in [1.54, 1.807) is 0 Å². The summed E-state index contributed by atoms with van der Waals surface area (Å²) in [5.74, 6) is 1.83. The summed E-state index contributed by atoms with van der Waals surface area (Å²) in [6.45, 7) is 11.3. The maximum absolute atomic E-state index is 11.0. The van der Waals surface area contributed by atoms with E-state index in [1.165, 1.54) is 26.2 Å². The molecule has 3 unspecified atom stereocenters. The molecule has 0 aromatic rings. The van der Waals surface area contributed by atoms with E-state index in [0.717, 1.165) is 5.92 Å². The Labute approximate surface area is 99.8 Å². The van der Waals surface area contributed by atoms with E-state index in [-0.39, 0.29) is 5.97 Å². The summed E-state index contributed by atoms with van der Waals surface area (Å²) in [6, 6.07) is 0. The molecular formula is C14H26O2. The van der Waals surface area contributed by atoms with Crippen LogP contribution in [0.25, 0.3) is 0 Å². The van der Waals surface area contributed by atoms with Crippen molar-refractivity contribution in [3.05, 3.63) is 0 Å². The molecule has 94 valence electrons. The molecule has 0 aromatic heterocycles. The lowest BCUT2D eigenvalue weighted by Gasteiger charge is -2.46. The predicted octanol–water partition coefficient (Wildman–Crippen LogP) is 3.65. The largest absolute Gasteiger partial charge is 0.466 e. The van der Waals surface area contributed by atoms with E-state index >= 15 is 0 Å². The minimum absolute atomic E-state index is 0.149. The summed E-state index contributed by atoms with van der Waals surface area (Å²) in [5.41, 5.74) is 0.308. The third kappa shape index (κ3) is 2.99. The van der Waals surface area contributed by atoms with E-state index < -0.39 is 0 Å². The maximum Gasteiger partial charge on any atom is 0.302 e. The number of carbonyl (C=O) groups excluding carboxylic acids is 1. The fourth-order valence-electron chi connectivity index (χ4n) is 3.22. The van der Waals surface area contributed by atoms with Gasteiger partial charge in [0.2, 0.25) is 0 Å². The summed E-state index contributed by atoms with van der Waals surface area (Å²) in [7, 11) is 0. The Morgan fingerprint density at radius 1 is 1.44 bits per heavy atom. The van der Waals surface area contributed by atoms with Gasteiger partial charge in [-0.15, -0.1) is 0 Å². The maximum atomic E-state index is 11.0. The summed E-state index contributed by atoms with van der Waals surface area (Å²) in [6.07, 6.45) is 3.75. The summed E-state index contributed by atoms with van der Waals surface area (Å²) < 4.78 is 5.26. The quantitative estimate of drug-likeness (QED) is 0.687. The second-order valence-corrected chi connectivity index (χ2v) is 5.99. The smallest absolute Gasteiger partial charge is 0.302 e. The first-order valence-corrected chi connectivity index (χ1v) is 6.52. The number of ether oxygens (including phenoxy) is 1. The molecule has 3 atom stereocenters. The molecule has 1 saturated carbocycles. The molecule has 0 spiro atoms. The van der Waals surface area contributed by atoms with Crippen LogP contribution in [0.2, 0.25) is 0 Å². The highest BCUT2D eigenvalue weighted by Gasteiger charge is 2.41. The highest BCUT2D eigenvalue weighted by atomic mass is 16.5. The molecule has 0 N–H and O–H groups in total. The van der Waals surface area contributed by atoms with E-state index in [9.17, 15) is 4.79 Å². The lowest BCUT2D eigenvalue weighted by atomic mass is 9.60. The van der Waals surface area contributed by atoms with Crippen molar-refractivity contribution in [1.29, 1.82) is 0 Å². The summed E-state index contributed by atoms with van der Waals surface area (Å²) in [4.78, 5) is 11.0. The van der Waals surface area contributed by atoms with Crippen LogP contribution < -0.4 is 0 Å². The monoisotopic (exact) mass is 226 g/mol. The van der Waals surface area contributed by atoms with Crippen molar-refractivity contribution in [2.24, 2.45) is 23.2 Å². The highest BCUT2D eigenvalue weighted by Crippen LogP contribution is 2.47. The Morgan fingerprint density at radius 2 is 2.06 bits per heavy atom. The first-order chi connectivity index (χ1) is 7.38. The van der Waals surface area contributed by atoms with Crippen LogP contribution in [0.4, 0.5) is 0 Å². The van der Waals surface area contributed by atoms with Crippen LogP contribution in [0.15, 0.2) is 0 Å². The van der Waals surface area contributed by atoms with Gasteiger partial charge in [-0.25, -0.2) is 0 Å². The summed E-state index contributed by atoms with van der Waals surface area (Å²) in [5, 5.41) is 0. The van der Waals surface area contributed by atoms with Crippen molar-refractivity contribution < 1.29 is 9.53 Å². The number of rotatable bonds is 3. The van der Waals surface area contributed by atoms with Crippen molar-refractivity contribution in [1.82, 2.24) is 0 Å². The van der Waals surface area contributed by atoms with Gasteiger partial charge in [-0.05, 0) is 30.1 Å². The zero-order valence-corrected chi connectivity index (χ0v) is 11.4. The SMILES string of the molecule is CCC1C(C)CCC(C)(C)C1COC(C)=O. The Hall–Kier alpha value is -0.530. The van der Waals surface area contributed by atoms with E-state index in [1.807, 2.05) is 0 Å². The molecule has 0 amide bonds. The average Bonchev–Trinajstić information content (AvgIpc) is 2.19.